The molecule has 0 atom stereocenters. The van der Waals surface area contributed by atoms with E-state index < -0.39 is 11.9 Å². The van der Waals surface area contributed by atoms with Gasteiger partial charge in [-0.1, -0.05) is 12.8 Å². The number of nitrogens with zero attached hydrogens (tertiary/aromatic N) is 1. The van der Waals surface area contributed by atoms with Gasteiger partial charge in [0.2, 0.25) is 0 Å². The molecular weight excluding hydrogens is 318 g/mol. The zero-order chi connectivity index (χ0) is 16.9. The fourth-order valence-electron chi connectivity index (χ4n) is 1.79. The Kier molecular flexibility index (Phi) is 9.49. The van der Waals surface area contributed by atoms with E-state index in [1.165, 1.54) is 12.1 Å². The maximum atomic E-state index is 11.6. The molecule has 0 aromatic heterocycles. The molecule has 0 bridgehead atoms. The number of carbonyl (C=O) groups excluding carboxylic acids is 2. The van der Waals surface area contributed by atoms with Gasteiger partial charge in [0.1, 0.15) is 5.75 Å². The van der Waals surface area contributed by atoms with E-state index in [0.717, 1.165) is 25.7 Å². The average molecular weight is 338 g/mol. The Balaban J connectivity index is 2.14. The van der Waals surface area contributed by atoms with Crippen LogP contribution >= 0.6 is 11.6 Å². The normalized spacial score (nSPS) is 9.91. The molecule has 0 aliphatic carbocycles. The molecule has 23 heavy (non-hydrogen) atoms. The summed E-state index contributed by atoms with van der Waals surface area (Å²) in [6.07, 6.45) is 3.73. The standard InChI is InChI=1S/C17H20ClNO4/c18-11-3-1-2-4-12-22-16(20)9-10-17(21)23-15-7-5-14(13-19)6-8-15/h5-8H,1-4,9-12H2. The van der Waals surface area contributed by atoms with Crippen LogP contribution in [0.1, 0.15) is 44.1 Å². The smallest absolute Gasteiger partial charge is 0.311 e. The van der Waals surface area contributed by atoms with Crippen LogP contribution in [0.2, 0.25) is 0 Å². The second-order valence-corrected chi connectivity index (χ2v) is 5.31. The Hall–Kier alpha value is -2.06. The van der Waals surface area contributed by atoms with Gasteiger partial charge in [0.25, 0.3) is 0 Å². The average Bonchev–Trinajstić information content (AvgIpc) is 2.57. The highest BCUT2D eigenvalue weighted by Gasteiger charge is 2.10. The molecule has 0 heterocycles. The highest BCUT2D eigenvalue weighted by molar-refractivity contribution is 6.17. The van der Waals surface area contributed by atoms with E-state index in [4.69, 9.17) is 26.3 Å². The Morgan fingerprint density at radius 3 is 2.30 bits per heavy atom. The lowest BCUT2D eigenvalue weighted by atomic mass is 10.2. The van der Waals surface area contributed by atoms with Crippen LogP contribution in [0.3, 0.4) is 0 Å². The first-order valence-corrected chi connectivity index (χ1v) is 8.11. The summed E-state index contributed by atoms with van der Waals surface area (Å²) in [5.41, 5.74) is 0.486. The second kappa shape index (κ2) is 11.5. The molecule has 0 fully saturated rings. The van der Waals surface area contributed by atoms with Crippen molar-refractivity contribution in [1.82, 2.24) is 0 Å². The molecule has 1 rings (SSSR count). The molecule has 0 unspecified atom stereocenters. The van der Waals surface area contributed by atoms with E-state index in [1.54, 1.807) is 12.1 Å². The molecule has 0 spiro atoms. The molecule has 0 aliphatic heterocycles. The SMILES string of the molecule is N#Cc1ccc(OC(=O)CCC(=O)OCCCCCCCl)cc1. The molecule has 0 N–H and O–H groups in total. The number of nitriles is 1. The van der Waals surface area contributed by atoms with Crippen LogP contribution in [-0.4, -0.2) is 24.4 Å². The molecule has 0 aliphatic rings. The first-order valence-electron chi connectivity index (χ1n) is 7.58. The van der Waals surface area contributed by atoms with Crippen LogP contribution < -0.4 is 4.74 Å². The Morgan fingerprint density at radius 2 is 1.65 bits per heavy atom. The number of esters is 2. The largest absolute Gasteiger partial charge is 0.466 e. The Labute approximate surface area is 141 Å². The third kappa shape index (κ3) is 8.84. The molecule has 0 amide bonds. The fraction of sp³-hybridized carbons (Fsp3) is 0.471. The number of carbonyl (C=O) groups is 2. The lowest BCUT2D eigenvalue weighted by Crippen LogP contribution is -2.12. The minimum absolute atomic E-state index is 0.00318. The summed E-state index contributed by atoms with van der Waals surface area (Å²) in [5.74, 6) is 0.0933. The maximum absolute atomic E-state index is 11.6. The maximum Gasteiger partial charge on any atom is 0.311 e. The number of ether oxygens (including phenoxy) is 2. The van der Waals surface area contributed by atoms with Gasteiger partial charge in [0.05, 0.1) is 31.1 Å². The van der Waals surface area contributed by atoms with E-state index in [9.17, 15) is 9.59 Å². The summed E-state index contributed by atoms with van der Waals surface area (Å²) in [7, 11) is 0. The molecule has 0 saturated carbocycles. The molecule has 0 saturated heterocycles. The minimum atomic E-state index is -0.506. The first kappa shape index (κ1) is 19.0. The van der Waals surface area contributed by atoms with Gasteiger partial charge in [-0.25, -0.2) is 0 Å². The van der Waals surface area contributed by atoms with E-state index in [1.807, 2.05) is 6.07 Å². The highest BCUT2D eigenvalue weighted by Crippen LogP contribution is 2.12. The van der Waals surface area contributed by atoms with Crippen molar-refractivity contribution in [2.75, 3.05) is 12.5 Å². The van der Waals surface area contributed by atoms with Crippen LogP contribution in [0.15, 0.2) is 24.3 Å². The first-order chi connectivity index (χ1) is 11.2. The van der Waals surface area contributed by atoms with Crippen molar-refractivity contribution in [2.24, 2.45) is 0 Å². The van der Waals surface area contributed by atoms with Crippen molar-refractivity contribution in [3.05, 3.63) is 29.8 Å². The van der Waals surface area contributed by atoms with Crippen LogP contribution in [0.25, 0.3) is 0 Å². The van der Waals surface area contributed by atoms with Gasteiger partial charge in [0.15, 0.2) is 0 Å². The van der Waals surface area contributed by atoms with Gasteiger partial charge in [-0.15, -0.1) is 11.6 Å². The predicted octanol–water partition coefficient (Wildman–Crippen LogP) is 3.59. The molecular formula is C17H20ClNO4. The van der Waals surface area contributed by atoms with E-state index in [2.05, 4.69) is 0 Å². The number of hydrogen-bond donors (Lipinski definition) is 0. The summed E-state index contributed by atoms with van der Waals surface area (Å²) < 4.78 is 10.1. The highest BCUT2D eigenvalue weighted by atomic mass is 35.5. The van der Waals surface area contributed by atoms with Crippen LogP contribution in [0, 0.1) is 11.3 Å². The van der Waals surface area contributed by atoms with Crippen molar-refractivity contribution >= 4 is 23.5 Å². The van der Waals surface area contributed by atoms with Crippen molar-refractivity contribution in [1.29, 1.82) is 5.26 Å². The number of hydrogen-bond acceptors (Lipinski definition) is 5. The molecule has 6 heteroatoms. The van der Waals surface area contributed by atoms with Gasteiger partial charge in [-0.2, -0.15) is 5.26 Å². The van der Waals surface area contributed by atoms with Gasteiger partial charge in [-0.3, -0.25) is 9.59 Å². The zero-order valence-corrected chi connectivity index (χ0v) is 13.7. The number of unbranched alkanes of at least 4 members (excludes halogenated alkanes) is 3. The molecule has 124 valence electrons. The van der Waals surface area contributed by atoms with Gasteiger partial charge < -0.3 is 9.47 Å². The Morgan fingerprint density at radius 1 is 1.00 bits per heavy atom. The van der Waals surface area contributed by atoms with Crippen molar-refractivity contribution in [2.45, 2.75) is 38.5 Å². The van der Waals surface area contributed by atoms with Gasteiger partial charge in [0, 0.05) is 5.88 Å². The van der Waals surface area contributed by atoms with Crippen molar-refractivity contribution < 1.29 is 19.1 Å². The zero-order valence-electron chi connectivity index (χ0n) is 12.9. The molecule has 0 radical (unpaired) electrons. The number of rotatable bonds is 10. The summed E-state index contributed by atoms with van der Waals surface area (Å²) in [6.45, 7) is 0.367. The van der Waals surface area contributed by atoms with E-state index in [0.29, 0.717) is 23.8 Å². The lowest BCUT2D eigenvalue weighted by molar-refractivity contribution is -0.147. The number of halogens is 1. The monoisotopic (exact) mass is 337 g/mol. The number of alkyl halides is 1. The molecule has 1 aromatic carbocycles. The second-order valence-electron chi connectivity index (χ2n) is 4.93. The van der Waals surface area contributed by atoms with Crippen LogP contribution in [0.4, 0.5) is 0 Å². The van der Waals surface area contributed by atoms with Crippen molar-refractivity contribution in [3.63, 3.8) is 0 Å². The quantitative estimate of drug-likeness (QED) is 0.282. The van der Waals surface area contributed by atoms with Gasteiger partial charge >= 0.3 is 11.9 Å². The van der Waals surface area contributed by atoms with Crippen molar-refractivity contribution in [3.8, 4) is 11.8 Å². The van der Waals surface area contributed by atoms with Crippen LogP contribution in [-0.2, 0) is 14.3 Å². The predicted molar refractivity (Wildman–Crippen MR) is 86.2 cm³/mol. The summed E-state index contributed by atoms with van der Waals surface area (Å²) >= 11 is 5.57. The topological polar surface area (TPSA) is 76.4 Å². The lowest BCUT2D eigenvalue weighted by Gasteiger charge is -2.05. The third-order valence-electron chi connectivity index (χ3n) is 3.04. The summed E-state index contributed by atoms with van der Waals surface area (Å²) in [5, 5.41) is 8.67. The third-order valence-corrected chi connectivity index (χ3v) is 3.31. The molecule has 5 nitrogen and oxygen atoms in total. The van der Waals surface area contributed by atoms with Gasteiger partial charge in [-0.05, 0) is 37.1 Å². The molecule has 1 aromatic rings. The Bertz CT molecular complexity index is 537. The fourth-order valence-corrected chi connectivity index (χ4v) is 1.98. The van der Waals surface area contributed by atoms with E-state index >= 15 is 0 Å². The minimum Gasteiger partial charge on any atom is -0.466 e. The summed E-state index contributed by atoms with van der Waals surface area (Å²) in [4.78, 5) is 23.1. The van der Waals surface area contributed by atoms with E-state index in [-0.39, 0.29) is 12.8 Å². The number of benzene rings is 1. The summed E-state index contributed by atoms with van der Waals surface area (Å²) in [6, 6.07) is 8.16. The van der Waals surface area contributed by atoms with Crippen LogP contribution in [0.5, 0.6) is 5.75 Å².